The number of anilines is 1. The van der Waals surface area contributed by atoms with Gasteiger partial charge in [-0.3, -0.25) is 0 Å². The summed E-state index contributed by atoms with van der Waals surface area (Å²) >= 11 is 0. The molecule has 3 heterocycles. The van der Waals surface area contributed by atoms with Gasteiger partial charge in [0.25, 0.3) is 6.01 Å². The summed E-state index contributed by atoms with van der Waals surface area (Å²) in [4.78, 5) is 6.74. The molecular weight excluding hydrogens is 307 g/mol. The van der Waals surface area contributed by atoms with Crippen molar-refractivity contribution in [3.63, 3.8) is 0 Å². The Bertz CT molecular complexity index is 736. The average Bonchev–Trinajstić information content (AvgIpc) is 3.06. The summed E-state index contributed by atoms with van der Waals surface area (Å²) in [7, 11) is -0.386. The molecule has 24 heavy (non-hydrogen) atoms. The molecule has 1 aromatic carbocycles. The van der Waals surface area contributed by atoms with Crippen molar-refractivity contribution in [1.29, 1.82) is 0 Å². The third kappa shape index (κ3) is 2.60. The van der Waals surface area contributed by atoms with Crippen molar-refractivity contribution in [3.05, 3.63) is 18.2 Å². The van der Waals surface area contributed by atoms with Gasteiger partial charge >= 0.3 is 7.12 Å². The maximum absolute atomic E-state index is 6.11. The average molecular weight is 330 g/mol. The molecule has 4 rings (SSSR count). The summed E-state index contributed by atoms with van der Waals surface area (Å²) in [5.74, 6) is 0. The Labute approximate surface area is 142 Å². The third-order valence-electron chi connectivity index (χ3n) is 5.21. The zero-order valence-corrected chi connectivity index (χ0v) is 14.7. The highest BCUT2D eigenvalue weighted by atomic mass is 16.7. The predicted octanol–water partition coefficient (Wildman–Crippen LogP) is 1.96. The fourth-order valence-electron chi connectivity index (χ4n) is 2.95. The molecule has 2 aromatic rings. The first-order chi connectivity index (χ1) is 11.4. The van der Waals surface area contributed by atoms with Crippen LogP contribution in [0.3, 0.4) is 0 Å². The van der Waals surface area contributed by atoms with Crippen LogP contribution in [0.25, 0.3) is 11.1 Å². The van der Waals surface area contributed by atoms with E-state index in [1.54, 1.807) is 0 Å². The molecule has 0 amide bonds. The molecule has 2 saturated heterocycles. The van der Waals surface area contributed by atoms with Crippen molar-refractivity contribution in [2.75, 3.05) is 31.2 Å². The van der Waals surface area contributed by atoms with Gasteiger partial charge in [0.05, 0.1) is 24.4 Å². The second kappa shape index (κ2) is 5.47. The van der Waals surface area contributed by atoms with Crippen LogP contribution in [0.2, 0.25) is 0 Å². The van der Waals surface area contributed by atoms with Crippen molar-refractivity contribution in [2.45, 2.75) is 38.9 Å². The van der Waals surface area contributed by atoms with E-state index in [-0.39, 0.29) is 18.3 Å². The van der Waals surface area contributed by atoms with Gasteiger partial charge in [-0.2, -0.15) is 4.98 Å². The number of nitrogens with zero attached hydrogens (tertiary/aromatic N) is 2. The van der Waals surface area contributed by atoms with Crippen LogP contribution in [0.5, 0.6) is 0 Å². The smallest absolute Gasteiger partial charge is 0.423 e. The molecule has 0 aliphatic carbocycles. The highest BCUT2D eigenvalue weighted by Gasteiger charge is 2.51. The van der Waals surface area contributed by atoms with Crippen LogP contribution in [0.1, 0.15) is 27.7 Å². The number of hydrogen-bond acceptors (Lipinski definition) is 6. The molecule has 0 bridgehead atoms. The topological polar surface area (TPSA) is 57.0 Å². The standard InChI is InChI=1S/C17H23BN2O4/c1-16(2)17(3,4)24-18(23-16)12-5-6-14-13(11-12)19-15(22-14)20-7-9-21-10-8-20/h5-6,11H,7-10H2,1-4H3. The first-order valence-corrected chi connectivity index (χ1v) is 8.45. The van der Waals surface area contributed by atoms with Gasteiger partial charge in [-0.05, 0) is 45.3 Å². The zero-order chi connectivity index (χ0) is 16.9. The molecule has 2 aliphatic rings. The van der Waals surface area contributed by atoms with Crippen LogP contribution in [0.4, 0.5) is 6.01 Å². The van der Waals surface area contributed by atoms with Gasteiger partial charge in [-0.25, -0.2) is 0 Å². The molecule has 7 heteroatoms. The number of oxazole rings is 1. The van der Waals surface area contributed by atoms with E-state index in [9.17, 15) is 0 Å². The number of morpholine rings is 1. The monoisotopic (exact) mass is 330 g/mol. The maximum atomic E-state index is 6.11. The third-order valence-corrected chi connectivity index (χ3v) is 5.21. The summed E-state index contributed by atoms with van der Waals surface area (Å²) in [5.41, 5.74) is 1.86. The van der Waals surface area contributed by atoms with Crippen molar-refractivity contribution in [2.24, 2.45) is 0 Å². The largest absolute Gasteiger partial charge is 0.494 e. The molecule has 1 aromatic heterocycles. The minimum atomic E-state index is -0.386. The van der Waals surface area contributed by atoms with Gasteiger partial charge in [-0.1, -0.05) is 6.07 Å². The van der Waals surface area contributed by atoms with Crippen molar-refractivity contribution < 1.29 is 18.5 Å². The van der Waals surface area contributed by atoms with Crippen LogP contribution in [0, 0.1) is 0 Å². The Hall–Kier alpha value is -1.57. The van der Waals surface area contributed by atoms with Gasteiger partial charge in [0.15, 0.2) is 5.58 Å². The first kappa shape index (κ1) is 15.9. The number of hydrogen-bond donors (Lipinski definition) is 0. The van der Waals surface area contributed by atoms with E-state index in [0.29, 0.717) is 19.2 Å². The normalized spacial score (nSPS) is 23.2. The number of ether oxygens (including phenoxy) is 1. The second-order valence-corrected chi connectivity index (χ2v) is 7.41. The number of fused-ring (bicyclic) bond motifs is 1. The quantitative estimate of drug-likeness (QED) is 0.785. The first-order valence-electron chi connectivity index (χ1n) is 8.45. The Morgan fingerprint density at radius 2 is 1.71 bits per heavy atom. The van der Waals surface area contributed by atoms with E-state index in [1.807, 2.05) is 18.2 Å². The Balaban J connectivity index is 1.62. The Morgan fingerprint density at radius 3 is 2.38 bits per heavy atom. The molecule has 0 unspecified atom stereocenters. The number of rotatable bonds is 2. The van der Waals surface area contributed by atoms with Crippen molar-refractivity contribution >= 4 is 29.7 Å². The molecular formula is C17H23BN2O4. The molecule has 0 radical (unpaired) electrons. The Kier molecular flexibility index (Phi) is 3.63. The van der Waals surface area contributed by atoms with Crippen LogP contribution >= 0.6 is 0 Å². The van der Waals surface area contributed by atoms with E-state index in [1.165, 1.54) is 0 Å². The van der Waals surface area contributed by atoms with E-state index in [4.69, 9.17) is 18.5 Å². The van der Waals surface area contributed by atoms with Gasteiger partial charge in [0.2, 0.25) is 0 Å². The second-order valence-electron chi connectivity index (χ2n) is 7.41. The van der Waals surface area contributed by atoms with E-state index < -0.39 is 0 Å². The molecule has 128 valence electrons. The molecule has 2 aliphatic heterocycles. The zero-order valence-electron chi connectivity index (χ0n) is 14.7. The lowest BCUT2D eigenvalue weighted by Gasteiger charge is -2.32. The van der Waals surface area contributed by atoms with E-state index >= 15 is 0 Å². The molecule has 2 fully saturated rings. The lowest BCUT2D eigenvalue weighted by molar-refractivity contribution is 0.00578. The molecule has 0 saturated carbocycles. The van der Waals surface area contributed by atoms with Gasteiger partial charge in [-0.15, -0.1) is 0 Å². The highest BCUT2D eigenvalue weighted by Crippen LogP contribution is 2.36. The van der Waals surface area contributed by atoms with E-state index in [0.717, 1.165) is 29.7 Å². The molecule has 0 N–H and O–H groups in total. The number of aromatic nitrogens is 1. The summed E-state index contributed by atoms with van der Waals surface area (Å²) in [6.07, 6.45) is 0. The molecule has 6 nitrogen and oxygen atoms in total. The maximum Gasteiger partial charge on any atom is 0.494 e. The van der Waals surface area contributed by atoms with Crippen LogP contribution < -0.4 is 10.4 Å². The highest BCUT2D eigenvalue weighted by molar-refractivity contribution is 6.62. The minimum absolute atomic E-state index is 0.352. The van der Waals surface area contributed by atoms with Gasteiger partial charge < -0.3 is 23.4 Å². The van der Waals surface area contributed by atoms with Crippen LogP contribution in [-0.4, -0.2) is 49.6 Å². The van der Waals surface area contributed by atoms with Gasteiger partial charge in [0.1, 0.15) is 5.52 Å². The van der Waals surface area contributed by atoms with Crippen LogP contribution in [0.15, 0.2) is 22.6 Å². The molecule has 0 spiro atoms. The summed E-state index contributed by atoms with van der Waals surface area (Å²) < 4.78 is 23.5. The fourth-order valence-corrected chi connectivity index (χ4v) is 2.95. The van der Waals surface area contributed by atoms with Crippen molar-refractivity contribution in [3.8, 4) is 0 Å². The fraction of sp³-hybridized carbons (Fsp3) is 0.588. The summed E-state index contributed by atoms with van der Waals surface area (Å²) in [6.45, 7) is 11.2. The van der Waals surface area contributed by atoms with Crippen molar-refractivity contribution in [1.82, 2.24) is 4.98 Å². The minimum Gasteiger partial charge on any atom is -0.423 e. The lowest BCUT2D eigenvalue weighted by atomic mass is 9.79. The Morgan fingerprint density at radius 1 is 1.04 bits per heavy atom. The van der Waals surface area contributed by atoms with E-state index in [2.05, 4.69) is 37.6 Å². The SMILES string of the molecule is CC1(C)OB(c2ccc3oc(N4CCOCC4)nc3c2)OC1(C)C. The lowest BCUT2D eigenvalue weighted by Crippen LogP contribution is -2.41. The summed E-state index contributed by atoms with van der Waals surface area (Å²) in [5, 5.41) is 0. The molecule has 0 atom stereocenters. The van der Waals surface area contributed by atoms with Gasteiger partial charge in [0, 0.05) is 13.1 Å². The van der Waals surface area contributed by atoms with Crippen LogP contribution in [-0.2, 0) is 14.0 Å². The predicted molar refractivity (Wildman–Crippen MR) is 92.8 cm³/mol. The number of benzene rings is 1. The summed E-state index contributed by atoms with van der Waals surface area (Å²) in [6, 6.07) is 6.57.